The Kier molecular flexibility index (Phi) is 8.37. The molecule has 10 nitrogen and oxygen atoms in total. The number of anilines is 2. The predicted octanol–water partition coefficient (Wildman–Crippen LogP) is 5.05. The summed E-state index contributed by atoms with van der Waals surface area (Å²) in [5.74, 6) is 0.934. The number of fused-ring (bicyclic) bond motifs is 1. The smallest absolute Gasteiger partial charge is 0.263 e. The first kappa shape index (κ1) is 28.7. The summed E-state index contributed by atoms with van der Waals surface area (Å²) in [4.78, 5) is 21.0. The van der Waals surface area contributed by atoms with Crippen LogP contribution in [0.3, 0.4) is 0 Å². The normalized spacial score (nSPS) is 17.5. The molecule has 0 aliphatic heterocycles. The largest absolute Gasteiger partial charge is 0.479 e. The summed E-state index contributed by atoms with van der Waals surface area (Å²) in [6.07, 6.45) is 8.52. The molecular weight excluding hydrogens is 538 g/mol. The molecule has 5 rings (SSSR count). The van der Waals surface area contributed by atoms with Crippen molar-refractivity contribution in [2.75, 3.05) is 31.2 Å². The van der Waals surface area contributed by atoms with Gasteiger partial charge in [0, 0.05) is 29.2 Å². The number of methoxy groups -OCH3 is 1. The van der Waals surface area contributed by atoms with E-state index in [0.29, 0.717) is 29.3 Å². The Morgan fingerprint density at radius 1 is 1.02 bits per heavy atom. The van der Waals surface area contributed by atoms with E-state index in [2.05, 4.69) is 50.9 Å². The van der Waals surface area contributed by atoms with Crippen LogP contribution in [0.5, 0.6) is 5.88 Å². The summed E-state index contributed by atoms with van der Waals surface area (Å²) in [5.41, 5.74) is 3.87. The zero-order valence-corrected chi connectivity index (χ0v) is 25.0. The van der Waals surface area contributed by atoms with Crippen LogP contribution in [-0.2, 0) is 16.4 Å². The monoisotopic (exact) mass is 575 g/mol. The highest BCUT2D eigenvalue weighted by atomic mass is 32.2. The van der Waals surface area contributed by atoms with Gasteiger partial charge in [-0.3, -0.25) is 4.72 Å². The maximum absolute atomic E-state index is 13.0. The van der Waals surface area contributed by atoms with E-state index >= 15 is 0 Å². The molecule has 4 aromatic rings. The number of hydrogen-bond donors (Lipinski definition) is 2. The van der Waals surface area contributed by atoms with Crippen molar-refractivity contribution in [1.29, 1.82) is 0 Å². The van der Waals surface area contributed by atoms with Gasteiger partial charge in [0.25, 0.3) is 10.0 Å². The topological polar surface area (TPSA) is 122 Å². The maximum atomic E-state index is 13.0. The second kappa shape index (κ2) is 12.0. The highest BCUT2D eigenvalue weighted by Crippen LogP contribution is 2.33. The molecule has 2 aromatic carbocycles. The first-order chi connectivity index (χ1) is 19.7. The van der Waals surface area contributed by atoms with Crippen LogP contribution in [0.25, 0.3) is 22.2 Å². The molecule has 11 heteroatoms. The third-order valence-corrected chi connectivity index (χ3v) is 9.25. The van der Waals surface area contributed by atoms with Crippen molar-refractivity contribution in [1.82, 2.24) is 24.8 Å². The minimum absolute atomic E-state index is 0.0732. The van der Waals surface area contributed by atoms with Crippen molar-refractivity contribution < 1.29 is 13.2 Å². The average Bonchev–Trinajstić information content (AvgIpc) is 2.96. The molecule has 2 aromatic heterocycles. The molecule has 1 fully saturated rings. The lowest BCUT2D eigenvalue weighted by Gasteiger charge is -2.32. The molecule has 1 aliphatic carbocycles. The maximum Gasteiger partial charge on any atom is 0.263 e. The number of aryl methyl sites for hydroxylation is 2. The first-order valence-electron chi connectivity index (χ1n) is 13.9. The van der Waals surface area contributed by atoms with Crippen LogP contribution in [0.2, 0.25) is 0 Å². The molecule has 0 atom stereocenters. The molecule has 2 N–H and O–H groups in total. The standard InChI is InChI=1S/C30H37N7O3S/c1-6-20-15-21(16-22-17-32-30(35-27(20)22)33-23-11-13-24(14-12-23)37(3)4)28-29(40-5)34-26(18-31-28)36-41(38,39)25-10-8-7-9-19(25)2/h7-10,15-18,23-24H,6,11-14H2,1-5H3,(H,34,36)(H,32,33,35). The van der Waals surface area contributed by atoms with Crippen molar-refractivity contribution in [2.24, 2.45) is 0 Å². The van der Waals surface area contributed by atoms with Gasteiger partial charge in [-0.15, -0.1) is 0 Å². The lowest BCUT2D eigenvalue weighted by atomic mass is 9.90. The van der Waals surface area contributed by atoms with Crippen molar-refractivity contribution >= 4 is 32.7 Å². The molecule has 216 valence electrons. The van der Waals surface area contributed by atoms with Crippen molar-refractivity contribution in [2.45, 2.75) is 62.9 Å². The van der Waals surface area contributed by atoms with Gasteiger partial charge in [0.2, 0.25) is 11.8 Å². The quantitative estimate of drug-likeness (QED) is 0.282. The molecule has 0 bridgehead atoms. The van der Waals surface area contributed by atoms with Gasteiger partial charge in [-0.2, -0.15) is 4.98 Å². The zero-order valence-electron chi connectivity index (χ0n) is 24.2. The van der Waals surface area contributed by atoms with Crippen LogP contribution in [0.4, 0.5) is 11.8 Å². The van der Waals surface area contributed by atoms with Crippen LogP contribution in [0.15, 0.2) is 53.7 Å². The van der Waals surface area contributed by atoms with Crippen LogP contribution in [0.1, 0.15) is 43.7 Å². The molecule has 1 saturated carbocycles. The molecular formula is C30H37N7O3S. The van der Waals surface area contributed by atoms with Gasteiger partial charge in [0.05, 0.1) is 23.7 Å². The Labute approximate surface area is 241 Å². The van der Waals surface area contributed by atoms with Crippen LogP contribution in [0, 0.1) is 6.92 Å². The summed E-state index contributed by atoms with van der Waals surface area (Å²) < 4.78 is 34.0. The number of nitrogens with one attached hydrogen (secondary N) is 2. The summed E-state index contributed by atoms with van der Waals surface area (Å²) in [6.45, 7) is 3.83. The van der Waals surface area contributed by atoms with Crippen molar-refractivity contribution in [3.05, 3.63) is 59.9 Å². The summed E-state index contributed by atoms with van der Waals surface area (Å²) in [6, 6.07) is 11.8. The van der Waals surface area contributed by atoms with Gasteiger partial charge in [-0.1, -0.05) is 25.1 Å². The van der Waals surface area contributed by atoms with Crippen molar-refractivity contribution in [3.8, 4) is 17.1 Å². The summed E-state index contributed by atoms with van der Waals surface area (Å²) in [7, 11) is 1.94. The molecule has 0 unspecified atom stereocenters. The molecule has 0 amide bonds. The molecule has 0 spiro atoms. The number of aromatic nitrogens is 4. The van der Waals surface area contributed by atoms with E-state index in [1.54, 1.807) is 31.2 Å². The fourth-order valence-electron chi connectivity index (χ4n) is 5.43. The Morgan fingerprint density at radius 3 is 2.46 bits per heavy atom. The number of ether oxygens (including phenoxy) is 1. The Morgan fingerprint density at radius 2 is 1.78 bits per heavy atom. The fourth-order valence-corrected chi connectivity index (χ4v) is 6.66. The molecule has 0 radical (unpaired) electrons. The van der Waals surface area contributed by atoms with E-state index in [-0.39, 0.29) is 16.6 Å². The average molecular weight is 576 g/mol. The van der Waals surface area contributed by atoms with Crippen molar-refractivity contribution in [3.63, 3.8) is 0 Å². The molecule has 41 heavy (non-hydrogen) atoms. The van der Waals surface area contributed by atoms with E-state index in [4.69, 9.17) is 9.72 Å². The first-order valence-corrected chi connectivity index (χ1v) is 15.4. The van der Waals surface area contributed by atoms with E-state index in [0.717, 1.165) is 54.1 Å². The van der Waals surface area contributed by atoms with Gasteiger partial charge in [-0.05, 0) is 82.4 Å². The Balaban J connectivity index is 1.40. The highest BCUT2D eigenvalue weighted by Gasteiger charge is 2.23. The lowest BCUT2D eigenvalue weighted by Crippen LogP contribution is -2.36. The second-order valence-corrected chi connectivity index (χ2v) is 12.4. The van der Waals surface area contributed by atoms with Crippen LogP contribution < -0.4 is 14.8 Å². The molecule has 2 heterocycles. The number of hydrogen-bond acceptors (Lipinski definition) is 9. The summed E-state index contributed by atoms with van der Waals surface area (Å²) in [5, 5.41) is 4.43. The number of nitrogens with zero attached hydrogens (tertiary/aromatic N) is 5. The van der Waals surface area contributed by atoms with E-state index in [9.17, 15) is 8.42 Å². The SMILES string of the molecule is CCc1cc(-c2ncc(NS(=O)(=O)c3ccccc3C)nc2OC)cc2cnc(NC3CCC(N(C)C)CC3)nc12. The van der Waals surface area contributed by atoms with E-state index in [1.165, 1.54) is 13.3 Å². The number of sulfonamides is 1. The fraction of sp³-hybridized carbons (Fsp3) is 0.400. The minimum Gasteiger partial charge on any atom is -0.479 e. The Hall–Kier alpha value is -3.83. The third kappa shape index (κ3) is 6.25. The zero-order chi connectivity index (χ0) is 29.1. The third-order valence-electron chi connectivity index (χ3n) is 7.73. The van der Waals surface area contributed by atoms with Crippen LogP contribution >= 0.6 is 0 Å². The molecule has 1 aliphatic rings. The van der Waals surface area contributed by atoms with Gasteiger partial charge < -0.3 is 15.0 Å². The van der Waals surface area contributed by atoms with E-state index < -0.39 is 10.0 Å². The minimum atomic E-state index is -3.84. The van der Waals surface area contributed by atoms with Gasteiger partial charge >= 0.3 is 0 Å². The predicted molar refractivity (Wildman–Crippen MR) is 162 cm³/mol. The van der Waals surface area contributed by atoms with Gasteiger partial charge in [0.1, 0.15) is 5.69 Å². The van der Waals surface area contributed by atoms with E-state index in [1.807, 2.05) is 18.3 Å². The van der Waals surface area contributed by atoms with Crippen LogP contribution in [-0.4, -0.2) is 66.5 Å². The lowest BCUT2D eigenvalue weighted by molar-refractivity contribution is 0.221. The summed E-state index contributed by atoms with van der Waals surface area (Å²) >= 11 is 0. The van der Waals surface area contributed by atoms with Gasteiger partial charge in [0.15, 0.2) is 5.82 Å². The Bertz CT molecular complexity index is 1650. The number of benzene rings is 2. The highest BCUT2D eigenvalue weighted by molar-refractivity contribution is 7.92. The van der Waals surface area contributed by atoms with Gasteiger partial charge in [-0.25, -0.2) is 23.4 Å². The second-order valence-electron chi connectivity index (χ2n) is 10.7. The molecule has 0 saturated heterocycles. The number of rotatable bonds is 9.